The summed E-state index contributed by atoms with van der Waals surface area (Å²) in [5.74, 6) is -0.198. The number of cyclic esters (lactones) is 1. The van der Waals surface area contributed by atoms with E-state index in [-0.39, 0.29) is 12.1 Å². The average Bonchev–Trinajstić information content (AvgIpc) is 2.64. The van der Waals surface area contributed by atoms with E-state index >= 15 is 0 Å². The predicted molar refractivity (Wildman–Crippen MR) is 67.6 cm³/mol. The number of hydrogen-bond acceptors (Lipinski definition) is 3. The van der Waals surface area contributed by atoms with Crippen molar-refractivity contribution in [3.63, 3.8) is 0 Å². The lowest BCUT2D eigenvalue weighted by Gasteiger charge is -2.05. The van der Waals surface area contributed by atoms with E-state index < -0.39 is 0 Å². The van der Waals surface area contributed by atoms with E-state index in [4.69, 9.17) is 4.74 Å². The van der Waals surface area contributed by atoms with Crippen LogP contribution >= 0.6 is 0 Å². The van der Waals surface area contributed by atoms with Gasteiger partial charge in [-0.15, -0.1) is 0 Å². The lowest BCUT2D eigenvalue weighted by Crippen LogP contribution is -2.03. The van der Waals surface area contributed by atoms with Crippen LogP contribution in [-0.2, 0) is 9.53 Å². The van der Waals surface area contributed by atoms with E-state index in [0.29, 0.717) is 6.61 Å². The fraction of sp³-hybridized carbons (Fsp3) is 0.643. The first-order chi connectivity index (χ1) is 8.15. The van der Waals surface area contributed by atoms with Crippen molar-refractivity contribution < 1.29 is 14.6 Å². The molecule has 0 amide bonds. The molecular weight excluding hydrogens is 216 g/mol. The fourth-order valence-corrected chi connectivity index (χ4v) is 1.74. The first-order valence-electron chi connectivity index (χ1n) is 6.36. The Morgan fingerprint density at radius 1 is 1.47 bits per heavy atom. The van der Waals surface area contributed by atoms with Gasteiger partial charge in [0.05, 0.1) is 6.10 Å². The van der Waals surface area contributed by atoms with Gasteiger partial charge in [0.2, 0.25) is 0 Å². The minimum Gasteiger partial charge on any atom is -0.457 e. The lowest BCUT2D eigenvalue weighted by atomic mass is 10.1. The number of carbonyl (C=O) groups excluding carboxylic acids is 1. The second-order valence-corrected chi connectivity index (χ2v) is 4.48. The number of allylic oxidation sites excluding steroid dienone is 1. The molecule has 1 unspecified atom stereocenters. The Bertz CT molecular complexity index is 315. The Balaban J connectivity index is 2.17. The quantitative estimate of drug-likeness (QED) is 0.548. The highest BCUT2D eigenvalue weighted by molar-refractivity contribution is 5.91. The smallest absolute Gasteiger partial charge is 0.334 e. The molecule has 3 nitrogen and oxygen atoms in total. The summed E-state index contributed by atoms with van der Waals surface area (Å²) in [4.78, 5) is 11.1. The van der Waals surface area contributed by atoms with Gasteiger partial charge >= 0.3 is 5.97 Å². The maximum absolute atomic E-state index is 11.1. The van der Waals surface area contributed by atoms with Crippen molar-refractivity contribution in [2.75, 3.05) is 6.61 Å². The van der Waals surface area contributed by atoms with E-state index in [0.717, 1.165) is 43.3 Å². The van der Waals surface area contributed by atoms with Crippen LogP contribution in [0.3, 0.4) is 0 Å². The first kappa shape index (κ1) is 14.0. The zero-order valence-corrected chi connectivity index (χ0v) is 10.7. The van der Waals surface area contributed by atoms with Gasteiger partial charge in [-0.3, -0.25) is 0 Å². The molecule has 17 heavy (non-hydrogen) atoms. The molecule has 0 saturated heterocycles. The molecule has 1 rings (SSSR count). The van der Waals surface area contributed by atoms with E-state index in [9.17, 15) is 9.90 Å². The van der Waals surface area contributed by atoms with Crippen molar-refractivity contribution in [1.82, 2.24) is 0 Å². The number of rotatable bonds is 7. The third kappa shape index (κ3) is 4.73. The molecule has 1 aliphatic heterocycles. The van der Waals surface area contributed by atoms with Gasteiger partial charge in [-0.1, -0.05) is 25.5 Å². The van der Waals surface area contributed by atoms with Gasteiger partial charge in [0.15, 0.2) is 0 Å². The normalized spacial score (nSPS) is 17.9. The summed E-state index contributed by atoms with van der Waals surface area (Å²) in [6.45, 7) is 4.21. The van der Waals surface area contributed by atoms with Gasteiger partial charge in [-0.2, -0.15) is 0 Å². The highest BCUT2D eigenvalue weighted by atomic mass is 16.5. The minimum absolute atomic E-state index is 0.148. The third-order valence-corrected chi connectivity index (χ3v) is 3.10. The second kappa shape index (κ2) is 7.28. The Morgan fingerprint density at radius 3 is 2.82 bits per heavy atom. The van der Waals surface area contributed by atoms with Crippen LogP contribution in [-0.4, -0.2) is 23.8 Å². The number of aliphatic hydroxyl groups excluding tert-OH is 1. The van der Waals surface area contributed by atoms with E-state index in [1.165, 1.54) is 0 Å². The molecular formula is C14H22O3. The summed E-state index contributed by atoms with van der Waals surface area (Å²) in [5, 5.41) is 9.37. The number of unbranched alkanes of at least 4 members (excludes halogenated alkanes) is 2. The number of carbonyl (C=O) groups is 1. The molecule has 0 aromatic carbocycles. The molecule has 0 aliphatic carbocycles. The van der Waals surface area contributed by atoms with Crippen LogP contribution in [0.15, 0.2) is 23.3 Å². The van der Waals surface area contributed by atoms with E-state index in [2.05, 4.69) is 6.08 Å². The van der Waals surface area contributed by atoms with Crippen LogP contribution in [0.2, 0.25) is 0 Å². The standard InChI is InChI=1S/C14H22O3/c1-3-13(15)9-7-5-4-6-8-12-10-17-14(16)11(12)2/h6,8,13,15H,3-5,7,9-10H2,1-2H3. The van der Waals surface area contributed by atoms with Gasteiger partial charge < -0.3 is 9.84 Å². The van der Waals surface area contributed by atoms with Gasteiger partial charge in [0, 0.05) is 5.57 Å². The molecule has 1 atom stereocenters. The van der Waals surface area contributed by atoms with Crippen molar-refractivity contribution >= 4 is 5.97 Å². The number of ether oxygens (including phenoxy) is 1. The Hall–Kier alpha value is -1.09. The zero-order chi connectivity index (χ0) is 12.7. The summed E-state index contributed by atoms with van der Waals surface area (Å²) in [6, 6.07) is 0. The molecule has 3 heteroatoms. The van der Waals surface area contributed by atoms with Crippen molar-refractivity contribution in [1.29, 1.82) is 0 Å². The Morgan fingerprint density at radius 2 is 2.24 bits per heavy atom. The number of hydrogen-bond donors (Lipinski definition) is 1. The average molecular weight is 238 g/mol. The van der Waals surface area contributed by atoms with Crippen LogP contribution in [0.5, 0.6) is 0 Å². The van der Waals surface area contributed by atoms with E-state index in [1.807, 2.05) is 13.0 Å². The summed E-state index contributed by atoms with van der Waals surface area (Å²) in [7, 11) is 0. The molecule has 1 aliphatic rings. The number of aliphatic hydroxyl groups is 1. The van der Waals surface area contributed by atoms with Crippen LogP contribution < -0.4 is 0 Å². The molecule has 1 heterocycles. The van der Waals surface area contributed by atoms with Crippen molar-refractivity contribution in [2.45, 2.75) is 52.1 Å². The van der Waals surface area contributed by atoms with E-state index in [1.54, 1.807) is 6.92 Å². The molecule has 0 aromatic rings. The largest absolute Gasteiger partial charge is 0.457 e. The third-order valence-electron chi connectivity index (χ3n) is 3.10. The highest BCUT2D eigenvalue weighted by Crippen LogP contribution is 2.16. The van der Waals surface area contributed by atoms with Gasteiger partial charge in [-0.25, -0.2) is 4.79 Å². The van der Waals surface area contributed by atoms with Crippen molar-refractivity contribution in [3.05, 3.63) is 23.3 Å². The maximum atomic E-state index is 11.1. The minimum atomic E-state index is -0.198. The van der Waals surface area contributed by atoms with Crippen LogP contribution in [0.4, 0.5) is 0 Å². The SMILES string of the molecule is CCC(O)CCCCC=CC1=C(C)C(=O)OC1. The molecule has 0 bridgehead atoms. The summed E-state index contributed by atoms with van der Waals surface area (Å²) in [5.41, 5.74) is 1.71. The molecule has 0 radical (unpaired) electrons. The topological polar surface area (TPSA) is 46.5 Å². The molecule has 96 valence electrons. The molecule has 0 aromatic heterocycles. The number of esters is 1. The first-order valence-corrected chi connectivity index (χ1v) is 6.36. The van der Waals surface area contributed by atoms with Crippen LogP contribution in [0.25, 0.3) is 0 Å². The molecule has 1 N–H and O–H groups in total. The van der Waals surface area contributed by atoms with Crippen molar-refractivity contribution in [3.8, 4) is 0 Å². The lowest BCUT2D eigenvalue weighted by molar-refractivity contribution is -0.135. The second-order valence-electron chi connectivity index (χ2n) is 4.48. The van der Waals surface area contributed by atoms with Gasteiger partial charge in [0.1, 0.15) is 6.61 Å². The highest BCUT2D eigenvalue weighted by Gasteiger charge is 2.17. The predicted octanol–water partition coefficient (Wildman–Crippen LogP) is 2.75. The molecule has 0 spiro atoms. The van der Waals surface area contributed by atoms with Gasteiger partial charge in [0.25, 0.3) is 0 Å². The Labute approximate surface area is 103 Å². The monoisotopic (exact) mass is 238 g/mol. The molecule has 0 fully saturated rings. The maximum Gasteiger partial charge on any atom is 0.334 e. The summed E-state index contributed by atoms with van der Waals surface area (Å²) >= 11 is 0. The fourth-order valence-electron chi connectivity index (χ4n) is 1.74. The van der Waals surface area contributed by atoms with Crippen LogP contribution in [0.1, 0.15) is 46.0 Å². The molecule has 0 saturated carbocycles. The zero-order valence-electron chi connectivity index (χ0n) is 10.7. The summed E-state index contributed by atoms with van der Waals surface area (Å²) < 4.78 is 4.90. The van der Waals surface area contributed by atoms with Crippen LogP contribution in [0, 0.1) is 0 Å². The Kier molecular flexibility index (Phi) is 5.98. The van der Waals surface area contributed by atoms with Crippen molar-refractivity contribution in [2.24, 2.45) is 0 Å². The summed E-state index contributed by atoms with van der Waals surface area (Å²) in [6.07, 6.45) is 8.75. The van der Waals surface area contributed by atoms with Gasteiger partial charge in [-0.05, 0) is 38.2 Å².